The van der Waals surface area contributed by atoms with Crippen LogP contribution in [0.3, 0.4) is 0 Å². The van der Waals surface area contributed by atoms with Gasteiger partial charge in [0.05, 0.1) is 18.3 Å². The Balaban J connectivity index is 2.37. The van der Waals surface area contributed by atoms with Gasteiger partial charge in [-0.15, -0.1) is 0 Å². The molecule has 21 heavy (non-hydrogen) atoms. The maximum Gasteiger partial charge on any atom is 0.153 e. The Morgan fingerprint density at radius 3 is 2.62 bits per heavy atom. The molecule has 1 unspecified atom stereocenters. The molecular weight excluding hydrogens is 354 g/mol. The monoisotopic (exact) mass is 371 g/mol. The van der Waals surface area contributed by atoms with Crippen LogP contribution >= 0.6 is 27.5 Å². The molecule has 0 spiro atoms. The van der Waals surface area contributed by atoms with Crippen LogP contribution in [0.5, 0.6) is 0 Å². The Bertz CT molecular complexity index is 598. The van der Waals surface area contributed by atoms with Crippen molar-refractivity contribution in [1.29, 1.82) is 0 Å². The minimum Gasteiger partial charge on any atom is -0.390 e. The molecule has 0 aliphatic rings. The average molecular weight is 373 g/mol. The summed E-state index contributed by atoms with van der Waals surface area (Å²) in [7, 11) is 0. The molecule has 0 radical (unpaired) electrons. The highest BCUT2D eigenvalue weighted by atomic mass is 79.9. The number of nitrogens with zero attached hydrogens (tertiary/aromatic N) is 2. The van der Waals surface area contributed by atoms with Crippen molar-refractivity contribution in [2.45, 2.75) is 39.0 Å². The van der Waals surface area contributed by atoms with Gasteiger partial charge >= 0.3 is 0 Å². The standard InChI is InChI=1S/C15H19BrClN3O/c1-2-3-12(18)15-19-14(17)13(9-21)20(15)8-10-4-6-11(16)7-5-10/h4-7,12,21H,2-3,8-9,18H2,1H3. The van der Waals surface area contributed by atoms with Gasteiger partial charge in [0.2, 0.25) is 0 Å². The van der Waals surface area contributed by atoms with Crippen LogP contribution in [0.15, 0.2) is 28.7 Å². The van der Waals surface area contributed by atoms with Crippen molar-refractivity contribution in [2.75, 3.05) is 0 Å². The number of nitrogens with two attached hydrogens (primary N) is 1. The lowest BCUT2D eigenvalue weighted by molar-refractivity contribution is 0.270. The zero-order chi connectivity index (χ0) is 15.4. The molecule has 3 N–H and O–H groups in total. The Hall–Kier alpha value is -0.880. The molecule has 0 amide bonds. The number of imidazole rings is 1. The van der Waals surface area contributed by atoms with Crippen LogP contribution in [0.4, 0.5) is 0 Å². The maximum absolute atomic E-state index is 9.55. The Morgan fingerprint density at radius 2 is 2.05 bits per heavy atom. The fraction of sp³-hybridized carbons (Fsp3) is 0.400. The highest BCUT2D eigenvalue weighted by Gasteiger charge is 2.19. The number of rotatable bonds is 6. The summed E-state index contributed by atoms with van der Waals surface area (Å²) < 4.78 is 2.95. The largest absolute Gasteiger partial charge is 0.390 e. The zero-order valence-electron chi connectivity index (χ0n) is 11.9. The second kappa shape index (κ2) is 7.40. The van der Waals surface area contributed by atoms with Crippen molar-refractivity contribution in [3.05, 3.63) is 51.0 Å². The average Bonchev–Trinajstić information content (AvgIpc) is 2.77. The van der Waals surface area contributed by atoms with Gasteiger partial charge in [0, 0.05) is 11.0 Å². The van der Waals surface area contributed by atoms with Gasteiger partial charge in [-0.2, -0.15) is 0 Å². The van der Waals surface area contributed by atoms with E-state index in [0.29, 0.717) is 17.4 Å². The summed E-state index contributed by atoms with van der Waals surface area (Å²) in [6.45, 7) is 2.52. The lowest BCUT2D eigenvalue weighted by Gasteiger charge is -2.15. The molecule has 0 aliphatic carbocycles. The molecule has 4 nitrogen and oxygen atoms in total. The van der Waals surface area contributed by atoms with Crippen LogP contribution in [-0.2, 0) is 13.2 Å². The number of aliphatic hydroxyl groups is 1. The lowest BCUT2D eigenvalue weighted by atomic mass is 10.1. The summed E-state index contributed by atoms with van der Waals surface area (Å²) in [5.41, 5.74) is 7.91. The Kier molecular flexibility index (Phi) is 5.81. The van der Waals surface area contributed by atoms with E-state index < -0.39 is 0 Å². The Labute approximate surface area is 138 Å². The first kappa shape index (κ1) is 16.5. The second-order valence-corrected chi connectivity index (χ2v) is 6.25. The minimum absolute atomic E-state index is 0.152. The maximum atomic E-state index is 9.55. The molecule has 0 fully saturated rings. The van der Waals surface area contributed by atoms with E-state index in [0.717, 1.165) is 28.7 Å². The first-order valence-corrected chi connectivity index (χ1v) is 8.09. The predicted octanol–water partition coefficient (Wildman–Crippen LogP) is 3.64. The minimum atomic E-state index is -0.178. The summed E-state index contributed by atoms with van der Waals surface area (Å²) in [5, 5.41) is 9.88. The van der Waals surface area contributed by atoms with Gasteiger partial charge in [0.15, 0.2) is 5.15 Å². The molecule has 1 aromatic carbocycles. The van der Waals surface area contributed by atoms with Gasteiger partial charge in [-0.3, -0.25) is 0 Å². The molecule has 0 saturated carbocycles. The van der Waals surface area contributed by atoms with Gasteiger partial charge < -0.3 is 15.4 Å². The Morgan fingerprint density at radius 1 is 1.38 bits per heavy atom. The van der Waals surface area contributed by atoms with E-state index in [1.54, 1.807) is 0 Å². The third-order valence-corrected chi connectivity index (χ3v) is 4.22. The van der Waals surface area contributed by atoms with Crippen LogP contribution in [0, 0.1) is 0 Å². The molecule has 0 bridgehead atoms. The fourth-order valence-electron chi connectivity index (χ4n) is 2.30. The van der Waals surface area contributed by atoms with E-state index in [1.807, 2.05) is 28.8 Å². The number of hydrogen-bond donors (Lipinski definition) is 2. The van der Waals surface area contributed by atoms with Gasteiger partial charge in [-0.1, -0.05) is 53.0 Å². The topological polar surface area (TPSA) is 64.1 Å². The third-order valence-electron chi connectivity index (χ3n) is 3.39. The number of aromatic nitrogens is 2. The normalized spacial score (nSPS) is 12.6. The lowest BCUT2D eigenvalue weighted by Crippen LogP contribution is -2.18. The van der Waals surface area contributed by atoms with E-state index in [4.69, 9.17) is 17.3 Å². The molecule has 6 heteroatoms. The van der Waals surface area contributed by atoms with Crippen LogP contribution in [0.1, 0.15) is 42.9 Å². The molecule has 114 valence electrons. The van der Waals surface area contributed by atoms with E-state index in [2.05, 4.69) is 27.8 Å². The molecular formula is C15H19BrClN3O. The fourth-order valence-corrected chi connectivity index (χ4v) is 2.81. The second-order valence-electron chi connectivity index (χ2n) is 4.97. The summed E-state index contributed by atoms with van der Waals surface area (Å²) in [4.78, 5) is 4.35. The van der Waals surface area contributed by atoms with Crippen LogP contribution < -0.4 is 5.73 Å². The SMILES string of the molecule is CCCC(N)c1nc(Cl)c(CO)n1Cc1ccc(Br)cc1. The van der Waals surface area contributed by atoms with E-state index in [1.165, 1.54) is 0 Å². The van der Waals surface area contributed by atoms with Gasteiger partial charge in [0.1, 0.15) is 5.82 Å². The van der Waals surface area contributed by atoms with Crippen LogP contribution in [0.2, 0.25) is 5.15 Å². The van der Waals surface area contributed by atoms with Crippen molar-refractivity contribution < 1.29 is 5.11 Å². The van der Waals surface area contributed by atoms with Crippen molar-refractivity contribution in [3.8, 4) is 0 Å². The predicted molar refractivity (Wildman–Crippen MR) is 88.2 cm³/mol. The smallest absolute Gasteiger partial charge is 0.153 e. The zero-order valence-corrected chi connectivity index (χ0v) is 14.2. The van der Waals surface area contributed by atoms with Crippen LogP contribution in [-0.4, -0.2) is 14.7 Å². The summed E-state index contributed by atoms with van der Waals surface area (Å²) >= 11 is 9.55. The highest BCUT2D eigenvalue weighted by molar-refractivity contribution is 9.10. The van der Waals surface area contributed by atoms with Crippen molar-refractivity contribution in [3.63, 3.8) is 0 Å². The van der Waals surface area contributed by atoms with Gasteiger partial charge in [0.25, 0.3) is 0 Å². The molecule has 0 saturated heterocycles. The quantitative estimate of drug-likeness (QED) is 0.813. The van der Waals surface area contributed by atoms with Crippen molar-refractivity contribution in [2.24, 2.45) is 5.73 Å². The van der Waals surface area contributed by atoms with Crippen LogP contribution in [0.25, 0.3) is 0 Å². The molecule has 2 aromatic rings. The van der Waals surface area contributed by atoms with E-state index in [9.17, 15) is 5.11 Å². The summed E-state index contributed by atoms with van der Waals surface area (Å²) in [5.74, 6) is 0.730. The van der Waals surface area contributed by atoms with E-state index in [-0.39, 0.29) is 12.6 Å². The van der Waals surface area contributed by atoms with Crippen molar-refractivity contribution >= 4 is 27.5 Å². The number of halogens is 2. The summed E-state index contributed by atoms with van der Waals surface area (Å²) in [6, 6.07) is 7.84. The first-order valence-electron chi connectivity index (χ1n) is 6.92. The summed E-state index contributed by atoms with van der Waals surface area (Å²) in [6.07, 6.45) is 1.80. The molecule has 2 rings (SSSR count). The van der Waals surface area contributed by atoms with Crippen molar-refractivity contribution in [1.82, 2.24) is 9.55 Å². The number of aliphatic hydroxyl groups excluding tert-OH is 1. The number of benzene rings is 1. The molecule has 0 aliphatic heterocycles. The van der Waals surface area contributed by atoms with E-state index >= 15 is 0 Å². The third kappa shape index (κ3) is 3.86. The van der Waals surface area contributed by atoms with Gasteiger partial charge in [-0.05, 0) is 24.1 Å². The molecule has 1 atom stereocenters. The first-order chi connectivity index (χ1) is 10.1. The highest BCUT2D eigenvalue weighted by Crippen LogP contribution is 2.25. The molecule has 1 aromatic heterocycles. The number of hydrogen-bond acceptors (Lipinski definition) is 3. The van der Waals surface area contributed by atoms with Gasteiger partial charge in [-0.25, -0.2) is 4.98 Å². The molecule has 1 heterocycles.